The normalized spacial score (nSPS) is 10.4. The summed E-state index contributed by atoms with van der Waals surface area (Å²) < 4.78 is 17.8. The van der Waals surface area contributed by atoms with Gasteiger partial charge in [0.1, 0.15) is 6.67 Å². The van der Waals surface area contributed by atoms with Crippen LogP contribution in [0.2, 0.25) is 0 Å². The van der Waals surface area contributed by atoms with Crippen LogP contribution in [-0.4, -0.2) is 15.2 Å². The van der Waals surface area contributed by atoms with Crippen LogP contribution < -0.4 is 4.74 Å². The van der Waals surface area contributed by atoms with Crippen molar-refractivity contribution in [2.24, 2.45) is 0 Å². The van der Waals surface area contributed by atoms with Crippen LogP contribution in [0.1, 0.15) is 16.8 Å². The molecule has 2 rings (SSSR count). The Bertz CT molecular complexity index is 496. The summed E-state index contributed by atoms with van der Waals surface area (Å²) in [6, 6.07) is 3.48. The molecule has 0 fully saturated rings. The molecule has 0 unspecified atom stereocenters. The molecular weight excluding hydrogens is 209 g/mol. The Labute approximate surface area is 92.5 Å². The topological polar surface area (TPSA) is 50.8 Å². The van der Waals surface area contributed by atoms with E-state index in [-0.39, 0.29) is 0 Å². The lowest BCUT2D eigenvalue weighted by molar-refractivity contribution is 0.436. The largest absolute Gasteiger partial charge is 0.419 e. The monoisotopic (exact) mass is 221 g/mol. The van der Waals surface area contributed by atoms with Gasteiger partial charge in [0.25, 0.3) is 0 Å². The molecule has 0 aromatic carbocycles. The molecule has 0 amide bonds. The summed E-state index contributed by atoms with van der Waals surface area (Å²) in [6.07, 6.45) is 1.46. The van der Waals surface area contributed by atoms with E-state index >= 15 is 0 Å². The molecule has 0 aliphatic heterocycles. The molecule has 5 heteroatoms. The predicted molar refractivity (Wildman–Crippen MR) is 57.2 cm³/mol. The number of halogens is 1. The van der Waals surface area contributed by atoms with Gasteiger partial charge in [0.2, 0.25) is 11.8 Å². The molecule has 0 spiro atoms. The predicted octanol–water partition coefficient (Wildman–Crippen LogP) is 2.68. The van der Waals surface area contributed by atoms with E-state index in [1.807, 2.05) is 13.8 Å². The van der Waals surface area contributed by atoms with E-state index in [1.54, 1.807) is 12.1 Å². The fourth-order valence-corrected chi connectivity index (χ4v) is 1.34. The Morgan fingerprint density at radius 2 is 2.19 bits per heavy atom. The second kappa shape index (κ2) is 4.30. The average molecular weight is 221 g/mol. The fourth-order valence-electron chi connectivity index (χ4n) is 1.34. The van der Waals surface area contributed by atoms with Crippen LogP contribution in [0.5, 0.6) is 11.8 Å². The lowest BCUT2D eigenvalue weighted by atomic mass is 10.2. The highest BCUT2D eigenvalue weighted by Crippen LogP contribution is 2.22. The Kier molecular flexibility index (Phi) is 2.85. The smallest absolute Gasteiger partial charge is 0.240 e. The van der Waals surface area contributed by atoms with Gasteiger partial charge in [-0.25, -0.2) is 9.37 Å². The Morgan fingerprint density at radius 3 is 2.75 bits per heavy atom. The summed E-state index contributed by atoms with van der Waals surface area (Å²) in [7, 11) is 0. The van der Waals surface area contributed by atoms with Crippen molar-refractivity contribution >= 4 is 0 Å². The highest BCUT2D eigenvalue weighted by Gasteiger charge is 2.06. The minimum atomic E-state index is -0.518. The SMILES string of the molecule is Cc1cc(Oc2ncc(CF)cc2C)n[nH]1. The molecule has 0 aliphatic carbocycles. The summed E-state index contributed by atoms with van der Waals surface area (Å²) in [4.78, 5) is 4.04. The van der Waals surface area contributed by atoms with Crippen molar-refractivity contribution in [1.82, 2.24) is 15.2 Å². The van der Waals surface area contributed by atoms with Crippen LogP contribution in [0.15, 0.2) is 18.3 Å². The molecule has 4 nitrogen and oxygen atoms in total. The molecule has 2 heterocycles. The second-order valence-electron chi connectivity index (χ2n) is 3.59. The van der Waals surface area contributed by atoms with Crippen molar-refractivity contribution in [1.29, 1.82) is 0 Å². The highest BCUT2D eigenvalue weighted by atomic mass is 19.1. The van der Waals surface area contributed by atoms with Gasteiger partial charge in [-0.15, -0.1) is 5.10 Å². The minimum Gasteiger partial charge on any atom is -0.419 e. The number of alkyl halides is 1. The number of hydrogen-bond donors (Lipinski definition) is 1. The molecule has 84 valence electrons. The van der Waals surface area contributed by atoms with Crippen LogP contribution in [0.3, 0.4) is 0 Å². The van der Waals surface area contributed by atoms with Gasteiger partial charge in [-0.3, -0.25) is 5.10 Å². The first-order chi connectivity index (χ1) is 7.69. The first-order valence-electron chi connectivity index (χ1n) is 4.90. The fraction of sp³-hybridized carbons (Fsp3) is 0.273. The maximum absolute atomic E-state index is 12.4. The number of ether oxygens (including phenoxy) is 1. The summed E-state index contributed by atoms with van der Waals surface area (Å²) in [5, 5.41) is 6.70. The van der Waals surface area contributed by atoms with Crippen molar-refractivity contribution in [2.45, 2.75) is 20.5 Å². The zero-order valence-corrected chi connectivity index (χ0v) is 9.12. The molecule has 1 N–H and O–H groups in total. The molecule has 0 bridgehead atoms. The van der Waals surface area contributed by atoms with Crippen molar-refractivity contribution in [3.05, 3.63) is 35.2 Å². The number of nitrogens with zero attached hydrogens (tertiary/aromatic N) is 2. The number of aryl methyl sites for hydroxylation is 2. The Morgan fingerprint density at radius 1 is 1.38 bits per heavy atom. The second-order valence-corrected chi connectivity index (χ2v) is 3.59. The summed E-state index contributed by atoms with van der Waals surface area (Å²) in [5.41, 5.74) is 2.24. The van der Waals surface area contributed by atoms with Gasteiger partial charge < -0.3 is 4.74 Å². The molecular formula is C11H12FN3O. The molecule has 0 saturated heterocycles. The van der Waals surface area contributed by atoms with E-state index in [9.17, 15) is 4.39 Å². The lowest BCUT2D eigenvalue weighted by Crippen LogP contribution is -1.93. The van der Waals surface area contributed by atoms with Gasteiger partial charge in [-0.2, -0.15) is 0 Å². The van der Waals surface area contributed by atoms with Crippen LogP contribution in [0.25, 0.3) is 0 Å². The molecule has 0 radical (unpaired) electrons. The first kappa shape index (κ1) is 10.6. The molecule has 0 aliphatic rings. The van der Waals surface area contributed by atoms with Gasteiger partial charge in [0.15, 0.2) is 0 Å². The highest BCUT2D eigenvalue weighted by molar-refractivity contribution is 5.31. The van der Waals surface area contributed by atoms with Crippen molar-refractivity contribution in [3.8, 4) is 11.8 Å². The first-order valence-corrected chi connectivity index (χ1v) is 4.90. The molecule has 2 aromatic rings. The van der Waals surface area contributed by atoms with E-state index in [2.05, 4.69) is 15.2 Å². The summed E-state index contributed by atoms with van der Waals surface area (Å²) in [6.45, 7) is 3.18. The van der Waals surface area contributed by atoms with Gasteiger partial charge in [0, 0.05) is 29.1 Å². The van der Waals surface area contributed by atoms with Crippen LogP contribution in [-0.2, 0) is 6.67 Å². The number of rotatable bonds is 3. The number of nitrogens with one attached hydrogen (secondary N) is 1. The van der Waals surface area contributed by atoms with E-state index in [4.69, 9.17) is 4.74 Å². The van der Waals surface area contributed by atoms with Gasteiger partial charge in [-0.05, 0) is 19.9 Å². The van der Waals surface area contributed by atoms with Gasteiger partial charge in [-0.1, -0.05) is 0 Å². The summed E-state index contributed by atoms with van der Waals surface area (Å²) >= 11 is 0. The average Bonchev–Trinajstić information content (AvgIpc) is 2.67. The Hall–Kier alpha value is -1.91. The molecule has 0 saturated carbocycles. The minimum absolute atomic E-state index is 0.448. The van der Waals surface area contributed by atoms with Gasteiger partial charge >= 0.3 is 0 Å². The van der Waals surface area contributed by atoms with Crippen LogP contribution in [0, 0.1) is 13.8 Å². The third-order valence-corrected chi connectivity index (χ3v) is 2.12. The quantitative estimate of drug-likeness (QED) is 0.866. The zero-order valence-electron chi connectivity index (χ0n) is 9.12. The number of H-pyrrole nitrogens is 1. The third-order valence-electron chi connectivity index (χ3n) is 2.12. The van der Waals surface area contributed by atoms with E-state index in [1.165, 1.54) is 6.20 Å². The lowest BCUT2D eigenvalue weighted by Gasteiger charge is -2.05. The van der Waals surface area contributed by atoms with Crippen LogP contribution in [0.4, 0.5) is 4.39 Å². The zero-order chi connectivity index (χ0) is 11.5. The molecule has 16 heavy (non-hydrogen) atoms. The molecule has 2 aromatic heterocycles. The maximum Gasteiger partial charge on any atom is 0.240 e. The number of pyridine rings is 1. The van der Waals surface area contributed by atoms with Gasteiger partial charge in [0.05, 0.1) is 0 Å². The Balaban J connectivity index is 2.21. The molecule has 0 atom stereocenters. The number of aromatic amines is 1. The number of aromatic nitrogens is 3. The van der Waals surface area contributed by atoms with Crippen molar-refractivity contribution in [3.63, 3.8) is 0 Å². The van der Waals surface area contributed by atoms with E-state index < -0.39 is 6.67 Å². The van der Waals surface area contributed by atoms with E-state index in [0.717, 1.165) is 11.3 Å². The maximum atomic E-state index is 12.4. The summed E-state index contributed by atoms with van der Waals surface area (Å²) in [5.74, 6) is 0.907. The van der Waals surface area contributed by atoms with Crippen LogP contribution >= 0.6 is 0 Å². The standard InChI is InChI=1S/C11H12FN3O/c1-7-3-9(5-12)6-13-11(7)16-10-4-8(2)14-15-10/h3-4,6H,5H2,1-2H3,(H,14,15). The third kappa shape index (κ3) is 2.18. The number of hydrogen-bond acceptors (Lipinski definition) is 3. The van der Waals surface area contributed by atoms with Crippen molar-refractivity contribution in [2.75, 3.05) is 0 Å². The van der Waals surface area contributed by atoms with E-state index in [0.29, 0.717) is 17.3 Å². The van der Waals surface area contributed by atoms with Crippen molar-refractivity contribution < 1.29 is 9.13 Å².